The highest BCUT2D eigenvalue weighted by molar-refractivity contribution is 7.92. The van der Waals surface area contributed by atoms with Gasteiger partial charge in [-0.05, 0) is 80.5 Å². The van der Waals surface area contributed by atoms with Gasteiger partial charge in [0.25, 0.3) is 0 Å². The predicted molar refractivity (Wildman–Crippen MR) is 132 cm³/mol. The number of sulfone groups is 1. The van der Waals surface area contributed by atoms with Crippen molar-refractivity contribution in [3.8, 4) is 11.1 Å². The Morgan fingerprint density at radius 2 is 1.66 bits per heavy atom. The summed E-state index contributed by atoms with van der Waals surface area (Å²) in [5, 5.41) is 3.22. The van der Waals surface area contributed by atoms with Crippen molar-refractivity contribution in [2.75, 3.05) is 25.5 Å². The summed E-state index contributed by atoms with van der Waals surface area (Å²) in [5.41, 5.74) is 1.98. The Labute approximate surface area is 202 Å². The third-order valence-corrected chi connectivity index (χ3v) is 8.51. The number of hydrogen-bond acceptors (Lipinski definition) is 6. The molecule has 9 heteroatoms. The first kappa shape index (κ1) is 23.3. The van der Waals surface area contributed by atoms with Crippen LogP contribution in [0.25, 0.3) is 22.0 Å². The van der Waals surface area contributed by atoms with E-state index in [9.17, 15) is 17.2 Å². The zero-order valence-corrected chi connectivity index (χ0v) is 19.9. The van der Waals surface area contributed by atoms with Crippen molar-refractivity contribution in [1.29, 1.82) is 0 Å². The molecule has 0 spiro atoms. The van der Waals surface area contributed by atoms with Crippen LogP contribution in [0.15, 0.2) is 71.9 Å². The zero-order chi connectivity index (χ0) is 24.6. The summed E-state index contributed by atoms with van der Waals surface area (Å²) in [6, 6.07) is 15.3. The zero-order valence-electron chi connectivity index (χ0n) is 19.1. The van der Waals surface area contributed by atoms with Gasteiger partial charge in [-0.3, -0.25) is 0 Å². The van der Waals surface area contributed by atoms with Crippen LogP contribution in [0.5, 0.6) is 0 Å². The normalized spacial score (nSPS) is 15.4. The van der Waals surface area contributed by atoms with E-state index in [1.165, 1.54) is 24.3 Å². The number of hydrogen-bond donors (Lipinski definition) is 1. The Bertz CT molecular complexity index is 1490. The Morgan fingerprint density at radius 1 is 0.943 bits per heavy atom. The van der Waals surface area contributed by atoms with Crippen molar-refractivity contribution < 1.29 is 17.2 Å². The summed E-state index contributed by atoms with van der Waals surface area (Å²) in [5.74, 6) is -0.515. The number of aromatic nitrogens is 2. The van der Waals surface area contributed by atoms with Gasteiger partial charge in [0.2, 0.25) is 0 Å². The van der Waals surface area contributed by atoms with E-state index >= 15 is 0 Å². The maximum Gasteiger partial charge on any atom is 0.198 e. The van der Waals surface area contributed by atoms with E-state index < -0.39 is 20.9 Å². The van der Waals surface area contributed by atoms with Crippen LogP contribution in [-0.4, -0.2) is 48.7 Å². The topological polar surface area (TPSA) is 75.2 Å². The van der Waals surface area contributed by atoms with Crippen LogP contribution in [0.1, 0.15) is 12.8 Å². The molecule has 1 fully saturated rings. The lowest BCUT2D eigenvalue weighted by molar-refractivity contribution is 0.277. The average Bonchev–Trinajstić information content (AvgIpc) is 2.85. The predicted octanol–water partition coefficient (Wildman–Crippen LogP) is 5.19. The van der Waals surface area contributed by atoms with Gasteiger partial charge < -0.3 is 10.2 Å². The number of fused-ring (bicyclic) bond motifs is 1. The van der Waals surface area contributed by atoms with Gasteiger partial charge in [-0.1, -0.05) is 18.2 Å². The molecule has 2 aromatic heterocycles. The molecule has 4 aromatic rings. The second kappa shape index (κ2) is 9.31. The fourth-order valence-corrected chi connectivity index (χ4v) is 5.92. The van der Waals surface area contributed by atoms with E-state index in [4.69, 9.17) is 0 Å². The van der Waals surface area contributed by atoms with Gasteiger partial charge >= 0.3 is 0 Å². The summed E-state index contributed by atoms with van der Waals surface area (Å²) < 4.78 is 54.3. The molecule has 0 saturated carbocycles. The van der Waals surface area contributed by atoms with Gasteiger partial charge in [0, 0.05) is 17.6 Å². The molecule has 0 aliphatic carbocycles. The SMILES string of the molecule is CN1CCC(S(=O)(=O)c2ccc3cnc(Nc4ccc(-c5ccc(F)cc5)cc4F)cc3n2)CC1. The number of halogens is 2. The van der Waals surface area contributed by atoms with Gasteiger partial charge in [-0.2, -0.15) is 0 Å². The Balaban J connectivity index is 1.40. The number of nitrogens with one attached hydrogen (secondary N) is 1. The highest BCUT2D eigenvalue weighted by Gasteiger charge is 2.31. The van der Waals surface area contributed by atoms with E-state index in [1.54, 1.807) is 42.6 Å². The minimum Gasteiger partial charge on any atom is -0.338 e. The van der Waals surface area contributed by atoms with Crippen molar-refractivity contribution >= 4 is 32.2 Å². The van der Waals surface area contributed by atoms with Crippen LogP contribution in [0, 0.1) is 11.6 Å². The largest absolute Gasteiger partial charge is 0.338 e. The summed E-state index contributed by atoms with van der Waals surface area (Å²) >= 11 is 0. The molecule has 1 N–H and O–H groups in total. The molecule has 1 saturated heterocycles. The van der Waals surface area contributed by atoms with Crippen LogP contribution < -0.4 is 5.32 Å². The molecule has 0 amide bonds. The molecule has 0 bridgehead atoms. The molecule has 2 aromatic carbocycles. The summed E-state index contributed by atoms with van der Waals surface area (Å²) in [7, 11) is -1.57. The maximum absolute atomic E-state index is 14.8. The van der Waals surface area contributed by atoms with Gasteiger partial charge in [-0.15, -0.1) is 0 Å². The fourth-order valence-electron chi connectivity index (χ4n) is 4.27. The monoisotopic (exact) mass is 494 g/mol. The molecule has 1 aliphatic rings. The number of nitrogens with zero attached hydrogens (tertiary/aromatic N) is 3. The highest BCUT2D eigenvalue weighted by atomic mass is 32.2. The first-order chi connectivity index (χ1) is 16.8. The van der Waals surface area contributed by atoms with E-state index in [0.717, 1.165) is 13.1 Å². The van der Waals surface area contributed by atoms with E-state index in [1.807, 2.05) is 7.05 Å². The van der Waals surface area contributed by atoms with Crippen molar-refractivity contribution in [3.05, 3.63) is 78.5 Å². The van der Waals surface area contributed by atoms with Crippen LogP contribution in [-0.2, 0) is 9.84 Å². The molecular formula is C26H24F2N4O2S. The third-order valence-electron chi connectivity index (χ3n) is 6.35. The van der Waals surface area contributed by atoms with Gasteiger partial charge in [0.05, 0.1) is 16.5 Å². The lowest BCUT2D eigenvalue weighted by atomic mass is 10.1. The van der Waals surface area contributed by atoms with Crippen LogP contribution in [0.3, 0.4) is 0 Å². The van der Waals surface area contributed by atoms with Crippen molar-refractivity contribution in [1.82, 2.24) is 14.9 Å². The molecule has 35 heavy (non-hydrogen) atoms. The number of pyridine rings is 2. The molecule has 3 heterocycles. The Hall–Kier alpha value is -3.43. The molecule has 0 unspecified atom stereocenters. The second-order valence-electron chi connectivity index (χ2n) is 8.79. The molecule has 1 aliphatic heterocycles. The molecule has 0 radical (unpaired) electrons. The highest BCUT2D eigenvalue weighted by Crippen LogP contribution is 2.28. The Morgan fingerprint density at radius 3 is 2.37 bits per heavy atom. The molecule has 5 rings (SSSR count). The quantitative estimate of drug-likeness (QED) is 0.412. The molecule has 180 valence electrons. The van der Waals surface area contributed by atoms with E-state index in [0.29, 0.717) is 40.7 Å². The molecule has 0 atom stereocenters. The average molecular weight is 495 g/mol. The smallest absolute Gasteiger partial charge is 0.198 e. The van der Waals surface area contributed by atoms with Crippen LogP contribution in [0.4, 0.5) is 20.3 Å². The van der Waals surface area contributed by atoms with E-state index in [2.05, 4.69) is 20.2 Å². The third kappa shape index (κ3) is 4.87. The number of benzene rings is 2. The van der Waals surface area contributed by atoms with Crippen LogP contribution in [0.2, 0.25) is 0 Å². The number of piperidine rings is 1. The molecular weight excluding hydrogens is 470 g/mol. The first-order valence-corrected chi connectivity index (χ1v) is 12.9. The molecule has 6 nitrogen and oxygen atoms in total. The summed E-state index contributed by atoms with van der Waals surface area (Å²) in [6.45, 7) is 1.47. The summed E-state index contributed by atoms with van der Waals surface area (Å²) in [6.07, 6.45) is 2.73. The lowest BCUT2D eigenvalue weighted by Gasteiger charge is -2.28. The van der Waals surface area contributed by atoms with Crippen molar-refractivity contribution in [2.45, 2.75) is 23.1 Å². The minimum atomic E-state index is -3.55. The Kier molecular flexibility index (Phi) is 6.21. The standard InChI is InChI=1S/C26H24F2N4O2S/c1-32-12-10-21(11-13-32)35(33,34)26-9-5-19-16-29-25(15-24(19)31-26)30-23-8-4-18(14-22(23)28)17-2-6-20(27)7-3-17/h2-9,14-16,21H,10-13H2,1H3,(H,29,30). The fraction of sp³-hybridized carbons (Fsp3) is 0.231. The van der Waals surface area contributed by atoms with Crippen molar-refractivity contribution in [3.63, 3.8) is 0 Å². The number of rotatable bonds is 5. The minimum absolute atomic E-state index is 0.0477. The summed E-state index contributed by atoms with van der Waals surface area (Å²) in [4.78, 5) is 10.8. The maximum atomic E-state index is 14.8. The van der Waals surface area contributed by atoms with Crippen molar-refractivity contribution in [2.24, 2.45) is 0 Å². The van der Waals surface area contributed by atoms with Gasteiger partial charge in [0.1, 0.15) is 17.5 Å². The first-order valence-electron chi connectivity index (χ1n) is 11.3. The van der Waals surface area contributed by atoms with Gasteiger partial charge in [-0.25, -0.2) is 27.2 Å². The second-order valence-corrected chi connectivity index (χ2v) is 11.0. The lowest BCUT2D eigenvalue weighted by Crippen LogP contribution is -2.37. The number of anilines is 2. The van der Waals surface area contributed by atoms with Crippen LogP contribution >= 0.6 is 0 Å². The van der Waals surface area contributed by atoms with Gasteiger partial charge in [0.15, 0.2) is 14.9 Å². The number of likely N-dealkylation sites (tertiary alicyclic amines) is 1. The van der Waals surface area contributed by atoms with E-state index in [-0.39, 0.29) is 16.5 Å².